The van der Waals surface area contributed by atoms with Crippen LogP contribution in [0.1, 0.15) is 22.8 Å². The molecule has 1 amide bonds. The first-order valence-electron chi connectivity index (χ1n) is 7.55. The molecular weight excluding hydrogens is 274 g/mol. The SMILES string of the molecule is CCN(CCc1ccccc1)C(=O)c1cccc2cn[nH]c12. The number of aromatic nitrogens is 2. The Kier molecular flexibility index (Phi) is 4.19. The van der Waals surface area contributed by atoms with E-state index in [0.29, 0.717) is 18.7 Å². The topological polar surface area (TPSA) is 49.0 Å². The number of rotatable bonds is 5. The summed E-state index contributed by atoms with van der Waals surface area (Å²) in [5.41, 5.74) is 2.74. The molecule has 0 unspecified atom stereocenters. The van der Waals surface area contributed by atoms with Gasteiger partial charge in [-0.05, 0) is 25.0 Å². The first-order valence-corrected chi connectivity index (χ1v) is 7.55. The highest BCUT2D eigenvalue weighted by Crippen LogP contribution is 2.17. The van der Waals surface area contributed by atoms with Crippen molar-refractivity contribution in [3.63, 3.8) is 0 Å². The van der Waals surface area contributed by atoms with Gasteiger partial charge in [-0.3, -0.25) is 9.89 Å². The minimum Gasteiger partial charge on any atom is -0.339 e. The predicted molar refractivity (Wildman–Crippen MR) is 87.8 cm³/mol. The molecule has 0 aliphatic rings. The third kappa shape index (κ3) is 2.86. The van der Waals surface area contributed by atoms with Crippen LogP contribution in [0, 0.1) is 0 Å². The first-order chi connectivity index (χ1) is 10.8. The van der Waals surface area contributed by atoms with Crippen molar-refractivity contribution >= 4 is 16.8 Å². The van der Waals surface area contributed by atoms with E-state index in [1.807, 2.05) is 48.2 Å². The van der Waals surface area contributed by atoms with Gasteiger partial charge in [0.2, 0.25) is 0 Å². The maximum absolute atomic E-state index is 12.8. The van der Waals surface area contributed by atoms with E-state index in [2.05, 4.69) is 22.3 Å². The second-order valence-corrected chi connectivity index (χ2v) is 5.26. The van der Waals surface area contributed by atoms with Gasteiger partial charge in [0.25, 0.3) is 5.91 Å². The monoisotopic (exact) mass is 293 g/mol. The number of H-pyrrole nitrogens is 1. The van der Waals surface area contributed by atoms with Crippen molar-refractivity contribution in [2.24, 2.45) is 0 Å². The van der Waals surface area contributed by atoms with Crippen molar-refractivity contribution in [3.8, 4) is 0 Å². The Morgan fingerprint density at radius 1 is 1.14 bits per heavy atom. The number of nitrogens with one attached hydrogen (secondary N) is 1. The number of hydrogen-bond acceptors (Lipinski definition) is 2. The molecule has 22 heavy (non-hydrogen) atoms. The van der Waals surface area contributed by atoms with Crippen molar-refractivity contribution in [2.75, 3.05) is 13.1 Å². The minimum absolute atomic E-state index is 0.0493. The molecule has 0 bridgehead atoms. The molecule has 0 radical (unpaired) electrons. The fourth-order valence-electron chi connectivity index (χ4n) is 2.63. The lowest BCUT2D eigenvalue weighted by Crippen LogP contribution is -2.32. The van der Waals surface area contributed by atoms with Crippen LogP contribution >= 0.6 is 0 Å². The van der Waals surface area contributed by atoms with Crippen LogP contribution < -0.4 is 0 Å². The van der Waals surface area contributed by atoms with Gasteiger partial charge in [-0.15, -0.1) is 0 Å². The summed E-state index contributed by atoms with van der Waals surface area (Å²) in [5.74, 6) is 0.0493. The number of aromatic amines is 1. The third-order valence-electron chi connectivity index (χ3n) is 3.89. The average Bonchev–Trinajstić information content (AvgIpc) is 3.04. The summed E-state index contributed by atoms with van der Waals surface area (Å²) < 4.78 is 0. The highest BCUT2D eigenvalue weighted by atomic mass is 16.2. The van der Waals surface area contributed by atoms with Gasteiger partial charge in [0.15, 0.2) is 0 Å². The van der Waals surface area contributed by atoms with Gasteiger partial charge in [-0.1, -0.05) is 42.5 Å². The van der Waals surface area contributed by atoms with Gasteiger partial charge in [-0.25, -0.2) is 0 Å². The van der Waals surface area contributed by atoms with E-state index in [-0.39, 0.29) is 5.91 Å². The van der Waals surface area contributed by atoms with E-state index in [1.54, 1.807) is 6.20 Å². The molecule has 0 spiro atoms. The van der Waals surface area contributed by atoms with E-state index in [0.717, 1.165) is 17.3 Å². The zero-order valence-corrected chi connectivity index (χ0v) is 12.6. The lowest BCUT2D eigenvalue weighted by Gasteiger charge is -2.21. The molecule has 2 aromatic carbocycles. The van der Waals surface area contributed by atoms with Crippen LogP contribution in [0.25, 0.3) is 10.9 Å². The lowest BCUT2D eigenvalue weighted by atomic mass is 10.1. The summed E-state index contributed by atoms with van der Waals surface area (Å²) >= 11 is 0. The number of nitrogens with zero attached hydrogens (tertiary/aromatic N) is 2. The summed E-state index contributed by atoms with van der Waals surface area (Å²) in [5, 5.41) is 7.91. The Morgan fingerprint density at radius 2 is 1.95 bits per heavy atom. The normalized spacial score (nSPS) is 10.8. The third-order valence-corrected chi connectivity index (χ3v) is 3.89. The molecule has 4 heteroatoms. The van der Waals surface area contributed by atoms with Crippen LogP contribution in [0.5, 0.6) is 0 Å². The second-order valence-electron chi connectivity index (χ2n) is 5.26. The van der Waals surface area contributed by atoms with E-state index < -0.39 is 0 Å². The summed E-state index contributed by atoms with van der Waals surface area (Å²) in [6, 6.07) is 15.9. The van der Waals surface area contributed by atoms with Crippen molar-refractivity contribution in [3.05, 3.63) is 65.9 Å². The van der Waals surface area contributed by atoms with E-state index in [9.17, 15) is 4.79 Å². The van der Waals surface area contributed by atoms with Gasteiger partial charge in [0.05, 0.1) is 17.3 Å². The van der Waals surface area contributed by atoms with Crippen LogP contribution in [0.2, 0.25) is 0 Å². The number of carbonyl (C=O) groups excluding carboxylic acids is 1. The van der Waals surface area contributed by atoms with Gasteiger partial charge in [0.1, 0.15) is 0 Å². The largest absolute Gasteiger partial charge is 0.339 e. The van der Waals surface area contributed by atoms with Crippen LogP contribution in [0.15, 0.2) is 54.7 Å². The van der Waals surface area contributed by atoms with Gasteiger partial charge in [-0.2, -0.15) is 5.10 Å². The van der Waals surface area contributed by atoms with Crippen molar-refractivity contribution in [1.82, 2.24) is 15.1 Å². The zero-order chi connectivity index (χ0) is 15.4. The first kappa shape index (κ1) is 14.3. The quantitative estimate of drug-likeness (QED) is 0.785. The summed E-state index contributed by atoms with van der Waals surface area (Å²) in [6.45, 7) is 3.41. The molecule has 4 nitrogen and oxygen atoms in total. The van der Waals surface area contributed by atoms with Crippen LogP contribution in [-0.4, -0.2) is 34.1 Å². The van der Waals surface area contributed by atoms with E-state index >= 15 is 0 Å². The van der Waals surface area contributed by atoms with Crippen LogP contribution in [-0.2, 0) is 6.42 Å². The molecule has 0 fully saturated rings. The second kappa shape index (κ2) is 6.43. The number of likely N-dealkylation sites (N-methyl/N-ethyl adjacent to an activating group) is 1. The Balaban J connectivity index is 1.78. The molecule has 1 N–H and O–H groups in total. The average molecular weight is 293 g/mol. The van der Waals surface area contributed by atoms with Crippen LogP contribution in [0.4, 0.5) is 0 Å². The maximum atomic E-state index is 12.8. The number of fused-ring (bicyclic) bond motifs is 1. The molecule has 1 heterocycles. The number of amides is 1. The molecule has 0 saturated heterocycles. The Labute approximate surface area is 129 Å². The molecular formula is C18H19N3O. The summed E-state index contributed by atoms with van der Waals surface area (Å²) in [6.07, 6.45) is 2.60. The van der Waals surface area contributed by atoms with Crippen LogP contribution in [0.3, 0.4) is 0 Å². The van der Waals surface area contributed by atoms with E-state index in [1.165, 1.54) is 5.56 Å². The number of hydrogen-bond donors (Lipinski definition) is 1. The number of benzene rings is 2. The molecule has 0 aliphatic carbocycles. The molecule has 0 saturated carbocycles. The molecule has 0 aliphatic heterocycles. The van der Waals surface area contributed by atoms with Crippen molar-refractivity contribution in [2.45, 2.75) is 13.3 Å². The Bertz CT molecular complexity index is 764. The highest BCUT2D eigenvalue weighted by Gasteiger charge is 2.17. The van der Waals surface area contributed by atoms with Gasteiger partial charge in [0, 0.05) is 18.5 Å². The fraction of sp³-hybridized carbons (Fsp3) is 0.222. The molecule has 112 valence electrons. The Hall–Kier alpha value is -2.62. The smallest absolute Gasteiger partial charge is 0.256 e. The molecule has 3 rings (SSSR count). The summed E-state index contributed by atoms with van der Waals surface area (Å²) in [7, 11) is 0. The standard InChI is InChI=1S/C18H19N3O/c1-2-21(12-11-14-7-4-3-5-8-14)18(22)16-10-6-9-15-13-19-20-17(15)16/h3-10,13H,2,11-12H2,1H3,(H,19,20). The maximum Gasteiger partial charge on any atom is 0.256 e. The number of carbonyl (C=O) groups is 1. The molecule has 3 aromatic rings. The number of para-hydroxylation sites is 1. The predicted octanol–water partition coefficient (Wildman–Crippen LogP) is 3.27. The Morgan fingerprint density at radius 3 is 2.73 bits per heavy atom. The molecule has 1 aromatic heterocycles. The van der Waals surface area contributed by atoms with Crippen molar-refractivity contribution < 1.29 is 4.79 Å². The van der Waals surface area contributed by atoms with E-state index in [4.69, 9.17) is 0 Å². The highest BCUT2D eigenvalue weighted by molar-refractivity contribution is 6.05. The minimum atomic E-state index is 0.0493. The molecule has 0 atom stereocenters. The van der Waals surface area contributed by atoms with Gasteiger partial charge >= 0.3 is 0 Å². The van der Waals surface area contributed by atoms with Gasteiger partial charge < -0.3 is 4.90 Å². The summed E-state index contributed by atoms with van der Waals surface area (Å²) in [4.78, 5) is 14.7. The lowest BCUT2D eigenvalue weighted by molar-refractivity contribution is 0.0768. The zero-order valence-electron chi connectivity index (χ0n) is 12.6. The fourth-order valence-corrected chi connectivity index (χ4v) is 2.63. The van der Waals surface area contributed by atoms with Crippen molar-refractivity contribution in [1.29, 1.82) is 0 Å².